The Hall–Kier alpha value is -6.80. The average molecular weight is 598 g/mol. The van der Waals surface area contributed by atoms with Gasteiger partial charge in [0.1, 0.15) is 0 Å². The third-order valence-corrected chi connectivity index (χ3v) is 6.75. The van der Waals surface area contributed by atoms with E-state index in [2.05, 4.69) is 42.7 Å². The van der Waals surface area contributed by atoms with Crippen molar-refractivity contribution in [2.24, 2.45) is 10.2 Å². The van der Waals surface area contributed by atoms with Crippen LogP contribution in [0.25, 0.3) is 32.0 Å². The molecule has 5 rings (SSSR count). The molecule has 0 saturated carbocycles. The molecule has 0 aliphatic rings. The monoisotopic (exact) mass is 597 g/mol. The Morgan fingerprint density at radius 1 is 0.478 bits per heavy atom. The van der Waals surface area contributed by atoms with Gasteiger partial charge in [0.15, 0.2) is 0 Å². The summed E-state index contributed by atoms with van der Waals surface area (Å²) in [6.45, 7) is 0.726. The van der Waals surface area contributed by atoms with Crippen LogP contribution >= 0.6 is 0 Å². The number of azide groups is 2. The third-order valence-electron chi connectivity index (χ3n) is 6.75. The molecule has 0 aliphatic carbocycles. The Kier molecular flexibility index (Phi) is 12.7. The lowest BCUT2D eigenvalue weighted by Crippen LogP contribution is -2.09. The minimum absolute atomic E-state index is 0. The van der Waals surface area contributed by atoms with E-state index in [0.717, 1.165) is 56.0 Å². The molecule has 0 aliphatic heterocycles. The van der Waals surface area contributed by atoms with Gasteiger partial charge < -0.3 is 4.90 Å². The van der Waals surface area contributed by atoms with Gasteiger partial charge in [-0.3, -0.25) is 0 Å². The standard InChI is InChI=1S/C24H15N.C14H12N6.CH4/c1-4-19-7-13-22(14-8-19)25(23-15-9-20(5-2)10-16-23)24-17-11-21(6-3)12-18-24;15-19-17-9-11-1-5-13(6-2-11)14-7-3-12(4-8-14)10-18-20-16;/h1-3,7-18H;1-8H,9-10H2;1H4. The molecule has 0 atom stereocenters. The van der Waals surface area contributed by atoms with E-state index in [4.69, 9.17) is 30.3 Å². The van der Waals surface area contributed by atoms with Crippen LogP contribution in [0.15, 0.2) is 132 Å². The predicted octanol–water partition coefficient (Wildman–Crippen LogP) is 10.7. The van der Waals surface area contributed by atoms with E-state index in [9.17, 15) is 0 Å². The second kappa shape index (κ2) is 17.3. The van der Waals surface area contributed by atoms with E-state index in [1.165, 1.54) is 0 Å². The van der Waals surface area contributed by atoms with Crippen LogP contribution in [0.1, 0.15) is 35.2 Å². The van der Waals surface area contributed by atoms with Crippen LogP contribution in [-0.2, 0) is 13.1 Å². The first kappa shape index (κ1) is 33.7. The summed E-state index contributed by atoms with van der Waals surface area (Å²) in [5.74, 6) is 7.92. The van der Waals surface area contributed by atoms with Crippen molar-refractivity contribution in [2.75, 3.05) is 4.90 Å². The lowest BCUT2D eigenvalue weighted by atomic mass is 10.0. The molecule has 5 aromatic rings. The molecule has 0 radical (unpaired) electrons. The molecule has 5 aromatic carbocycles. The van der Waals surface area contributed by atoms with Gasteiger partial charge in [-0.2, -0.15) is 0 Å². The van der Waals surface area contributed by atoms with Gasteiger partial charge in [0.2, 0.25) is 0 Å². The largest absolute Gasteiger partial charge is 0.311 e. The number of benzene rings is 5. The zero-order chi connectivity index (χ0) is 31.9. The molecular weight excluding hydrogens is 566 g/mol. The molecule has 0 fully saturated rings. The third kappa shape index (κ3) is 9.10. The van der Waals surface area contributed by atoms with Gasteiger partial charge in [-0.1, -0.05) is 83.9 Å². The van der Waals surface area contributed by atoms with Crippen LogP contribution in [0.5, 0.6) is 0 Å². The first-order valence-corrected chi connectivity index (χ1v) is 13.8. The highest BCUT2D eigenvalue weighted by atomic mass is 15.1. The molecule has 0 spiro atoms. The van der Waals surface area contributed by atoms with Gasteiger partial charge in [0.05, 0.1) is 13.1 Å². The van der Waals surface area contributed by atoms with Crippen molar-refractivity contribution in [1.82, 2.24) is 0 Å². The van der Waals surface area contributed by atoms with Crippen molar-refractivity contribution >= 4 is 17.1 Å². The maximum atomic E-state index is 8.28. The highest BCUT2D eigenvalue weighted by Crippen LogP contribution is 2.34. The van der Waals surface area contributed by atoms with Gasteiger partial charge in [-0.25, -0.2) is 0 Å². The minimum atomic E-state index is 0. The summed E-state index contributed by atoms with van der Waals surface area (Å²) < 4.78 is 0. The molecule has 0 heterocycles. The Morgan fingerprint density at radius 2 is 0.761 bits per heavy atom. The number of nitrogens with zero attached hydrogens (tertiary/aromatic N) is 7. The van der Waals surface area contributed by atoms with Crippen molar-refractivity contribution in [2.45, 2.75) is 20.5 Å². The molecule has 0 N–H and O–H groups in total. The second-order valence-corrected chi connectivity index (χ2v) is 9.58. The van der Waals surface area contributed by atoms with Crippen LogP contribution in [-0.4, -0.2) is 0 Å². The number of hydrogen-bond acceptors (Lipinski definition) is 3. The maximum absolute atomic E-state index is 8.28. The lowest BCUT2D eigenvalue weighted by Gasteiger charge is -2.25. The topological polar surface area (TPSA) is 101 Å². The Morgan fingerprint density at radius 3 is 1.00 bits per heavy atom. The normalized spacial score (nSPS) is 9.24. The first-order valence-electron chi connectivity index (χ1n) is 13.8. The smallest absolute Gasteiger partial charge is 0.0510 e. The van der Waals surface area contributed by atoms with E-state index in [1.807, 2.05) is 121 Å². The summed E-state index contributed by atoms with van der Waals surface area (Å²) in [6, 6.07) is 39.3. The van der Waals surface area contributed by atoms with E-state index >= 15 is 0 Å². The van der Waals surface area contributed by atoms with Crippen molar-refractivity contribution in [3.8, 4) is 48.2 Å². The van der Waals surface area contributed by atoms with Crippen molar-refractivity contribution in [3.63, 3.8) is 0 Å². The molecule has 7 nitrogen and oxygen atoms in total. The molecule has 46 heavy (non-hydrogen) atoms. The summed E-state index contributed by atoms with van der Waals surface area (Å²) in [5, 5.41) is 7.05. The highest BCUT2D eigenvalue weighted by molar-refractivity contribution is 5.77. The molecule has 0 amide bonds. The summed E-state index contributed by atoms with van der Waals surface area (Å²) in [6.07, 6.45) is 16.4. The van der Waals surface area contributed by atoms with Crippen LogP contribution in [0.4, 0.5) is 17.1 Å². The van der Waals surface area contributed by atoms with E-state index < -0.39 is 0 Å². The van der Waals surface area contributed by atoms with Gasteiger partial charge in [-0.15, -0.1) is 19.3 Å². The fraction of sp³-hybridized carbons (Fsp3) is 0.0769. The summed E-state index contributed by atoms with van der Waals surface area (Å²) in [4.78, 5) is 7.60. The highest BCUT2D eigenvalue weighted by Gasteiger charge is 2.12. The van der Waals surface area contributed by atoms with Gasteiger partial charge in [-0.05, 0) is 106 Å². The van der Waals surface area contributed by atoms with Crippen molar-refractivity contribution in [1.29, 1.82) is 0 Å². The minimum Gasteiger partial charge on any atom is -0.311 e. The van der Waals surface area contributed by atoms with Crippen molar-refractivity contribution in [3.05, 3.63) is 170 Å². The van der Waals surface area contributed by atoms with E-state index in [1.54, 1.807) is 0 Å². The molecule has 222 valence electrons. The summed E-state index contributed by atoms with van der Waals surface area (Å²) >= 11 is 0. The second-order valence-electron chi connectivity index (χ2n) is 9.58. The van der Waals surface area contributed by atoms with Gasteiger partial charge >= 0.3 is 0 Å². The molecule has 0 unspecified atom stereocenters. The Labute approximate surface area is 270 Å². The predicted molar refractivity (Wildman–Crippen MR) is 189 cm³/mol. The van der Waals surface area contributed by atoms with Crippen LogP contribution in [0, 0.1) is 37.0 Å². The van der Waals surface area contributed by atoms with Gasteiger partial charge in [0, 0.05) is 43.6 Å². The zero-order valence-corrected chi connectivity index (χ0v) is 24.3. The molecule has 0 aromatic heterocycles. The molecular formula is C39H31N7. The van der Waals surface area contributed by atoms with Crippen LogP contribution in [0.2, 0.25) is 0 Å². The summed E-state index contributed by atoms with van der Waals surface area (Å²) in [7, 11) is 0. The van der Waals surface area contributed by atoms with Gasteiger partial charge in [0.25, 0.3) is 0 Å². The van der Waals surface area contributed by atoms with E-state index in [-0.39, 0.29) is 7.43 Å². The molecule has 7 heteroatoms. The quantitative estimate of drug-likeness (QED) is 0.0755. The number of anilines is 3. The zero-order valence-electron chi connectivity index (χ0n) is 24.3. The fourth-order valence-corrected chi connectivity index (χ4v) is 4.40. The Balaban J connectivity index is 0.000000251. The average Bonchev–Trinajstić information content (AvgIpc) is 3.11. The van der Waals surface area contributed by atoms with Crippen LogP contribution < -0.4 is 4.90 Å². The first-order chi connectivity index (χ1) is 22.1. The summed E-state index contributed by atoms with van der Waals surface area (Å²) in [5.41, 5.74) is 26.2. The fourth-order valence-electron chi connectivity index (χ4n) is 4.40. The number of terminal acetylenes is 3. The molecule has 0 saturated heterocycles. The number of rotatable bonds is 8. The number of hydrogen-bond donors (Lipinski definition) is 0. The SMILES string of the molecule is C.C#Cc1ccc(N(c2ccc(C#C)cc2)c2ccc(C#C)cc2)cc1.[N-]=[N+]=NCc1ccc(-c2ccc(CN=[N+]=[N-])cc2)cc1. The van der Waals surface area contributed by atoms with Crippen LogP contribution in [0.3, 0.4) is 0 Å². The Bertz CT molecular complexity index is 1740. The molecule has 0 bridgehead atoms. The van der Waals surface area contributed by atoms with Crippen molar-refractivity contribution < 1.29 is 0 Å². The van der Waals surface area contributed by atoms with E-state index in [0.29, 0.717) is 13.1 Å². The lowest BCUT2D eigenvalue weighted by molar-refractivity contribution is 1.05. The maximum Gasteiger partial charge on any atom is 0.0510 e.